The number of nitrogens with zero attached hydrogens (tertiary/aromatic N) is 3. The van der Waals surface area contributed by atoms with Gasteiger partial charge in [-0.1, -0.05) is 18.2 Å². The van der Waals surface area contributed by atoms with Gasteiger partial charge in [-0.3, -0.25) is 4.57 Å². The number of hydrogen-bond donors (Lipinski definition) is 1. The molecule has 2 heterocycles. The van der Waals surface area contributed by atoms with Gasteiger partial charge in [-0.15, -0.1) is 0 Å². The Bertz CT molecular complexity index is 628. The van der Waals surface area contributed by atoms with E-state index in [1.54, 1.807) is 12.5 Å². The summed E-state index contributed by atoms with van der Waals surface area (Å²) in [6, 6.07) is 11.8. The fourth-order valence-electron chi connectivity index (χ4n) is 1.69. The Kier molecular flexibility index (Phi) is 1.86. The third-order valence-corrected chi connectivity index (χ3v) is 2.44. The summed E-state index contributed by atoms with van der Waals surface area (Å²) >= 11 is 0. The predicted molar refractivity (Wildman–Crippen MR) is 63.3 cm³/mol. The molecule has 4 nitrogen and oxygen atoms in total. The molecule has 0 atom stereocenters. The van der Waals surface area contributed by atoms with Gasteiger partial charge in [0.25, 0.3) is 0 Å². The first-order chi connectivity index (χ1) is 7.84. The van der Waals surface area contributed by atoms with Crippen LogP contribution < -0.4 is 5.73 Å². The summed E-state index contributed by atoms with van der Waals surface area (Å²) in [6.07, 6.45) is 3.40. The summed E-state index contributed by atoms with van der Waals surface area (Å²) in [5.74, 6) is 0. The number of hydrogen-bond acceptors (Lipinski definition) is 3. The Labute approximate surface area is 92.4 Å². The predicted octanol–water partition coefficient (Wildman–Crippen LogP) is 2.00. The monoisotopic (exact) mass is 210 g/mol. The van der Waals surface area contributed by atoms with Crippen LogP contribution >= 0.6 is 0 Å². The topological polar surface area (TPSA) is 56.7 Å². The Morgan fingerprint density at radius 2 is 1.88 bits per heavy atom. The lowest BCUT2D eigenvalue weighted by molar-refractivity contribution is 1.07. The second-order valence-electron chi connectivity index (χ2n) is 3.56. The van der Waals surface area contributed by atoms with Crippen molar-refractivity contribution in [2.45, 2.75) is 0 Å². The van der Waals surface area contributed by atoms with Crippen molar-refractivity contribution in [2.75, 3.05) is 5.73 Å². The maximum Gasteiger partial charge on any atom is 0.164 e. The number of rotatable bonds is 1. The molecule has 3 aromatic rings. The van der Waals surface area contributed by atoms with E-state index in [9.17, 15) is 0 Å². The minimum absolute atomic E-state index is 0.630. The fraction of sp³-hybridized carbons (Fsp3) is 0. The molecule has 0 aliphatic carbocycles. The quantitative estimate of drug-likeness (QED) is 0.668. The van der Waals surface area contributed by atoms with E-state index in [0.29, 0.717) is 5.69 Å². The minimum Gasteiger partial charge on any atom is -0.397 e. The van der Waals surface area contributed by atoms with Gasteiger partial charge in [-0.25, -0.2) is 9.97 Å². The molecule has 2 aromatic heterocycles. The van der Waals surface area contributed by atoms with Gasteiger partial charge in [0.2, 0.25) is 0 Å². The van der Waals surface area contributed by atoms with E-state index in [-0.39, 0.29) is 0 Å². The maximum absolute atomic E-state index is 5.66. The summed E-state index contributed by atoms with van der Waals surface area (Å²) in [5.41, 5.74) is 8.96. The molecule has 0 bridgehead atoms. The molecule has 0 aliphatic heterocycles. The standard InChI is InChI=1S/C12H10N4/c13-9-6-11-12(14-7-9)16(8-15-11)10-4-2-1-3-5-10/h1-8H,13H2. The summed E-state index contributed by atoms with van der Waals surface area (Å²) < 4.78 is 1.94. The summed E-state index contributed by atoms with van der Waals surface area (Å²) in [5, 5.41) is 0. The molecule has 2 N–H and O–H groups in total. The molecule has 3 rings (SSSR count). The van der Waals surface area contributed by atoms with Crippen LogP contribution in [0, 0.1) is 0 Å². The molecule has 0 amide bonds. The number of anilines is 1. The first kappa shape index (κ1) is 8.91. The normalized spacial score (nSPS) is 10.8. The van der Waals surface area contributed by atoms with Crippen molar-refractivity contribution in [1.29, 1.82) is 0 Å². The highest BCUT2D eigenvalue weighted by Gasteiger charge is 2.05. The number of nitrogens with two attached hydrogens (primary N) is 1. The van der Waals surface area contributed by atoms with Crippen LogP contribution in [-0.4, -0.2) is 14.5 Å². The molecule has 0 radical (unpaired) electrons. The Morgan fingerprint density at radius 1 is 1.06 bits per heavy atom. The molecule has 0 aliphatic rings. The maximum atomic E-state index is 5.66. The molecule has 4 heteroatoms. The van der Waals surface area contributed by atoms with Crippen molar-refractivity contribution in [3.63, 3.8) is 0 Å². The molecular formula is C12H10N4. The van der Waals surface area contributed by atoms with Crippen molar-refractivity contribution in [1.82, 2.24) is 14.5 Å². The zero-order valence-corrected chi connectivity index (χ0v) is 8.54. The van der Waals surface area contributed by atoms with Gasteiger partial charge in [0.05, 0.1) is 11.9 Å². The Balaban J connectivity index is 2.26. The van der Waals surface area contributed by atoms with Gasteiger partial charge >= 0.3 is 0 Å². The number of aromatic nitrogens is 3. The van der Waals surface area contributed by atoms with Crippen molar-refractivity contribution in [2.24, 2.45) is 0 Å². The van der Waals surface area contributed by atoms with E-state index >= 15 is 0 Å². The molecule has 16 heavy (non-hydrogen) atoms. The van der Waals surface area contributed by atoms with Gasteiger partial charge in [-0.05, 0) is 18.2 Å². The van der Waals surface area contributed by atoms with Crippen LogP contribution in [0.25, 0.3) is 16.9 Å². The smallest absolute Gasteiger partial charge is 0.164 e. The number of imidazole rings is 1. The lowest BCUT2D eigenvalue weighted by atomic mass is 10.3. The highest BCUT2D eigenvalue weighted by molar-refractivity contribution is 5.76. The second kappa shape index (κ2) is 3.34. The average Bonchev–Trinajstić information content (AvgIpc) is 2.73. The molecular weight excluding hydrogens is 200 g/mol. The molecule has 0 saturated heterocycles. The fourth-order valence-corrected chi connectivity index (χ4v) is 1.69. The number of para-hydroxylation sites is 1. The van der Waals surface area contributed by atoms with E-state index in [1.807, 2.05) is 41.0 Å². The highest BCUT2D eigenvalue weighted by Crippen LogP contribution is 2.17. The number of fused-ring (bicyclic) bond motifs is 1. The first-order valence-corrected chi connectivity index (χ1v) is 4.98. The lowest BCUT2D eigenvalue weighted by Gasteiger charge is -2.02. The summed E-state index contributed by atoms with van der Waals surface area (Å²) in [6.45, 7) is 0. The highest BCUT2D eigenvalue weighted by atomic mass is 15.1. The van der Waals surface area contributed by atoms with E-state index in [4.69, 9.17) is 5.73 Å². The van der Waals surface area contributed by atoms with E-state index in [2.05, 4.69) is 9.97 Å². The lowest BCUT2D eigenvalue weighted by Crippen LogP contribution is -1.94. The van der Waals surface area contributed by atoms with Crippen LogP contribution in [0.1, 0.15) is 0 Å². The van der Waals surface area contributed by atoms with Crippen LogP contribution in [0.4, 0.5) is 5.69 Å². The van der Waals surface area contributed by atoms with Crippen LogP contribution in [-0.2, 0) is 0 Å². The largest absolute Gasteiger partial charge is 0.397 e. The average molecular weight is 210 g/mol. The second-order valence-corrected chi connectivity index (χ2v) is 3.56. The molecule has 78 valence electrons. The van der Waals surface area contributed by atoms with Crippen molar-refractivity contribution in [3.8, 4) is 5.69 Å². The van der Waals surface area contributed by atoms with Crippen LogP contribution in [0.3, 0.4) is 0 Å². The van der Waals surface area contributed by atoms with Gasteiger partial charge in [-0.2, -0.15) is 0 Å². The number of benzene rings is 1. The van der Waals surface area contributed by atoms with Crippen molar-refractivity contribution < 1.29 is 0 Å². The Hall–Kier alpha value is -2.36. The van der Waals surface area contributed by atoms with Gasteiger partial charge in [0.15, 0.2) is 5.65 Å². The van der Waals surface area contributed by atoms with E-state index < -0.39 is 0 Å². The van der Waals surface area contributed by atoms with Gasteiger partial charge in [0, 0.05) is 5.69 Å². The third-order valence-electron chi connectivity index (χ3n) is 2.44. The zero-order valence-electron chi connectivity index (χ0n) is 8.54. The van der Waals surface area contributed by atoms with Crippen LogP contribution in [0.15, 0.2) is 48.9 Å². The van der Waals surface area contributed by atoms with Crippen LogP contribution in [0.2, 0.25) is 0 Å². The third kappa shape index (κ3) is 1.32. The van der Waals surface area contributed by atoms with E-state index in [0.717, 1.165) is 16.9 Å². The molecule has 0 saturated carbocycles. The Morgan fingerprint density at radius 3 is 2.69 bits per heavy atom. The van der Waals surface area contributed by atoms with E-state index in [1.165, 1.54) is 0 Å². The molecule has 0 fully saturated rings. The van der Waals surface area contributed by atoms with Crippen LogP contribution in [0.5, 0.6) is 0 Å². The number of nitrogen functional groups attached to an aromatic ring is 1. The molecule has 1 aromatic carbocycles. The van der Waals surface area contributed by atoms with Gasteiger partial charge < -0.3 is 5.73 Å². The summed E-state index contributed by atoms with van der Waals surface area (Å²) in [7, 11) is 0. The van der Waals surface area contributed by atoms with Crippen molar-refractivity contribution in [3.05, 3.63) is 48.9 Å². The first-order valence-electron chi connectivity index (χ1n) is 4.98. The number of pyridine rings is 1. The summed E-state index contributed by atoms with van der Waals surface area (Å²) in [4.78, 5) is 8.57. The van der Waals surface area contributed by atoms with Crippen molar-refractivity contribution >= 4 is 16.9 Å². The molecule has 0 spiro atoms. The van der Waals surface area contributed by atoms with Gasteiger partial charge in [0.1, 0.15) is 11.8 Å². The SMILES string of the molecule is Nc1cnc2c(c1)ncn2-c1ccccc1. The zero-order chi connectivity index (χ0) is 11.0. The molecule has 0 unspecified atom stereocenters. The minimum atomic E-state index is 0.630.